The molecule has 4 heteroatoms. The molecule has 1 fully saturated rings. The second-order valence-electron chi connectivity index (χ2n) is 4.77. The quantitative estimate of drug-likeness (QED) is 0.894. The molecular weight excluding hydrogens is 233 g/mol. The van der Waals surface area contributed by atoms with Crippen molar-refractivity contribution in [3.63, 3.8) is 0 Å². The lowest BCUT2D eigenvalue weighted by atomic mass is 10.1. The first-order chi connectivity index (χ1) is 8.72. The summed E-state index contributed by atoms with van der Waals surface area (Å²) < 4.78 is 19.5. The minimum Gasteiger partial charge on any atom is -0.392 e. The van der Waals surface area contributed by atoms with E-state index in [0.29, 0.717) is 17.8 Å². The Hall–Kier alpha value is -1.13. The monoisotopic (exact) mass is 253 g/mol. The van der Waals surface area contributed by atoms with Crippen molar-refractivity contribution in [1.29, 1.82) is 0 Å². The van der Waals surface area contributed by atoms with Gasteiger partial charge in [0, 0.05) is 25.8 Å². The Bertz CT molecular complexity index is 391. The molecule has 0 amide bonds. The first kappa shape index (κ1) is 13.3. The van der Waals surface area contributed by atoms with Crippen LogP contribution in [-0.4, -0.2) is 31.4 Å². The van der Waals surface area contributed by atoms with E-state index in [4.69, 9.17) is 4.74 Å². The number of aliphatic hydroxyl groups is 1. The molecule has 0 bridgehead atoms. The van der Waals surface area contributed by atoms with Gasteiger partial charge in [0.25, 0.3) is 0 Å². The van der Waals surface area contributed by atoms with Gasteiger partial charge in [0.1, 0.15) is 5.82 Å². The van der Waals surface area contributed by atoms with Crippen LogP contribution in [0, 0.1) is 5.82 Å². The molecule has 1 aliphatic rings. The van der Waals surface area contributed by atoms with Gasteiger partial charge in [-0.3, -0.25) is 0 Å². The topological polar surface area (TPSA) is 32.7 Å². The zero-order valence-electron chi connectivity index (χ0n) is 10.7. The van der Waals surface area contributed by atoms with E-state index in [0.717, 1.165) is 19.4 Å². The second-order valence-corrected chi connectivity index (χ2v) is 4.77. The minimum absolute atomic E-state index is 0.150. The predicted octanol–water partition coefficient (Wildman–Crippen LogP) is 2.32. The molecule has 0 radical (unpaired) electrons. The molecule has 3 nitrogen and oxygen atoms in total. The standard InChI is InChI=1S/C14H20FNO2/c1-16(9-12-6-2-3-8-18-12)14-11(10-17)5-4-7-13(14)15/h4-5,7,12,17H,2-3,6,8-10H2,1H3. The number of ether oxygens (including phenoxy) is 1. The largest absolute Gasteiger partial charge is 0.392 e. The summed E-state index contributed by atoms with van der Waals surface area (Å²) in [6.45, 7) is 1.31. The molecule has 1 heterocycles. The smallest absolute Gasteiger partial charge is 0.146 e. The number of para-hydroxylation sites is 1. The molecular formula is C14H20FNO2. The van der Waals surface area contributed by atoms with Crippen molar-refractivity contribution in [3.05, 3.63) is 29.6 Å². The maximum absolute atomic E-state index is 13.8. The summed E-state index contributed by atoms with van der Waals surface area (Å²) in [5.74, 6) is -0.292. The first-order valence-corrected chi connectivity index (χ1v) is 6.43. The number of aliphatic hydroxyl groups excluding tert-OH is 1. The van der Waals surface area contributed by atoms with Crippen LogP contribution in [0.3, 0.4) is 0 Å². The number of nitrogens with zero attached hydrogens (tertiary/aromatic N) is 1. The second kappa shape index (κ2) is 6.16. The van der Waals surface area contributed by atoms with E-state index in [1.807, 2.05) is 11.9 Å². The van der Waals surface area contributed by atoms with Crippen LogP contribution in [0.15, 0.2) is 18.2 Å². The summed E-state index contributed by atoms with van der Waals surface area (Å²) >= 11 is 0. The molecule has 1 saturated heterocycles. The lowest BCUT2D eigenvalue weighted by Gasteiger charge is -2.29. The number of anilines is 1. The third kappa shape index (κ3) is 3.00. The average molecular weight is 253 g/mol. The summed E-state index contributed by atoms with van der Waals surface area (Å²) in [4.78, 5) is 1.84. The Morgan fingerprint density at radius 3 is 2.94 bits per heavy atom. The van der Waals surface area contributed by atoms with Gasteiger partial charge in [0.2, 0.25) is 0 Å². The molecule has 1 aromatic carbocycles. The molecule has 1 atom stereocenters. The van der Waals surface area contributed by atoms with Crippen LogP contribution in [0.25, 0.3) is 0 Å². The van der Waals surface area contributed by atoms with Gasteiger partial charge in [-0.05, 0) is 25.3 Å². The molecule has 0 saturated carbocycles. The molecule has 1 aromatic rings. The van der Waals surface area contributed by atoms with Gasteiger partial charge in [-0.15, -0.1) is 0 Å². The predicted molar refractivity (Wildman–Crippen MR) is 69.2 cm³/mol. The van der Waals surface area contributed by atoms with Crippen LogP contribution in [-0.2, 0) is 11.3 Å². The number of hydrogen-bond acceptors (Lipinski definition) is 3. The average Bonchev–Trinajstić information content (AvgIpc) is 2.39. The number of likely N-dealkylation sites (N-methyl/N-ethyl adjacent to an activating group) is 1. The van der Waals surface area contributed by atoms with Crippen LogP contribution in [0.4, 0.5) is 10.1 Å². The SMILES string of the molecule is CN(CC1CCCCO1)c1c(F)cccc1CO. The van der Waals surface area contributed by atoms with E-state index in [2.05, 4.69) is 0 Å². The lowest BCUT2D eigenvalue weighted by molar-refractivity contribution is 0.0215. The zero-order valence-corrected chi connectivity index (χ0v) is 10.7. The highest BCUT2D eigenvalue weighted by atomic mass is 19.1. The number of halogens is 1. The molecule has 1 N–H and O–H groups in total. The van der Waals surface area contributed by atoms with Gasteiger partial charge < -0.3 is 14.7 Å². The van der Waals surface area contributed by atoms with Crippen molar-refractivity contribution < 1.29 is 14.2 Å². The summed E-state index contributed by atoms with van der Waals surface area (Å²) in [6, 6.07) is 4.79. The van der Waals surface area contributed by atoms with Crippen LogP contribution in [0.1, 0.15) is 24.8 Å². The maximum Gasteiger partial charge on any atom is 0.146 e. The number of hydrogen-bond donors (Lipinski definition) is 1. The van der Waals surface area contributed by atoms with Gasteiger partial charge in [-0.25, -0.2) is 4.39 Å². The van der Waals surface area contributed by atoms with E-state index < -0.39 is 0 Å². The molecule has 18 heavy (non-hydrogen) atoms. The fourth-order valence-corrected chi connectivity index (χ4v) is 2.46. The third-order valence-electron chi connectivity index (χ3n) is 3.37. The van der Waals surface area contributed by atoms with E-state index in [1.54, 1.807) is 12.1 Å². The van der Waals surface area contributed by atoms with E-state index in [9.17, 15) is 9.50 Å². The summed E-state index contributed by atoms with van der Waals surface area (Å²) in [5.41, 5.74) is 1.10. The van der Waals surface area contributed by atoms with Crippen molar-refractivity contribution >= 4 is 5.69 Å². The number of benzene rings is 1. The van der Waals surface area contributed by atoms with Crippen LogP contribution >= 0.6 is 0 Å². The highest BCUT2D eigenvalue weighted by Gasteiger charge is 2.19. The number of rotatable bonds is 4. The summed E-state index contributed by atoms with van der Waals surface area (Å²) in [7, 11) is 1.84. The molecule has 0 spiro atoms. The molecule has 100 valence electrons. The van der Waals surface area contributed by atoms with E-state index in [1.165, 1.54) is 12.5 Å². The summed E-state index contributed by atoms with van der Waals surface area (Å²) in [6.07, 6.45) is 3.47. The lowest BCUT2D eigenvalue weighted by Crippen LogP contribution is -2.34. The maximum atomic E-state index is 13.8. The van der Waals surface area contributed by atoms with Gasteiger partial charge in [-0.1, -0.05) is 12.1 Å². The molecule has 0 aliphatic carbocycles. The van der Waals surface area contributed by atoms with Crippen molar-refractivity contribution in [2.75, 3.05) is 25.1 Å². The zero-order chi connectivity index (χ0) is 13.0. The first-order valence-electron chi connectivity index (χ1n) is 6.43. The Balaban J connectivity index is 2.09. The fourth-order valence-electron chi connectivity index (χ4n) is 2.46. The van der Waals surface area contributed by atoms with Crippen molar-refractivity contribution in [1.82, 2.24) is 0 Å². The molecule has 1 unspecified atom stereocenters. The van der Waals surface area contributed by atoms with Crippen molar-refractivity contribution in [2.24, 2.45) is 0 Å². The third-order valence-corrected chi connectivity index (χ3v) is 3.37. The van der Waals surface area contributed by atoms with Crippen LogP contribution in [0.5, 0.6) is 0 Å². The Labute approximate surface area is 107 Å². The van der Waals surface area contributed by atoms with Gasteiger partial charge >= 0.3 is 0 Å². The van der Waals surface area contributed by atoms with Crippen molar-refractivity contribution in [3.8, 4) is 0 Å². The minimum atomic E-state index is -0.292. The normalized spacial score (nSPS) is 19.8. The Morgan fingerprint density at radius 1 is 1.44 bits per heavy atom. The highest BCUT2D eigenvalue weighted by Crippen LogP contribution is 2.25. The fraction of sp³-hybridized carbons (Fsp3) is 0.571. The highest BCUT2D eigenvalue weighted by molar-refractivity contribution is 5.54. The van der Waals surface area contributed by atoms with Crippen LogP contribution < -0.4 is 4.90 Å². The van der Waals surface area contributed by atoms with Gasteiger partial charge in [0.15, 0.2) is 0 Å². The Morgan fingerprint density at radius 2 is 2.28 bits per heavy atom. The van der Waals surface area contributed by atoms with Gasteiger partial charge in [-0.2, -0.15) is 0 Å². The molecule has 1 aliphatic heterocycles. The van der Waals surface area contributed by atoms with Gasteiger partial charge in [0.05, 0.1) is 18.4 Å². The molecule has 0 aromatic heterocycles. The van der Waals surface area contributed by atoms with E-state index >= 15 is 0 Å². The Kier molecular flexibility index (Phi) is 4.55. The van der Waals surface area contributed by atoms with Crippen LogP contribution in [0.2, 0.25) is 0 Å². The summed E-state index contributed by atoms with van der Waals surface area (Å²) in [5, 5.41) is 9.27. The van der Waals surface area contributed by atoms with Crippen molar-refractivity contribution in [2.45, 2.75) is 32.0 Å². The molecule has 2 rings (SSSR count). The van der Waals surface area contributed by atoms with E-state index in [-0.39, 0.29) is 18.5 Å².